The van der Waals surface area contributed by atoms with E-state index >= 15 is 0 Å². The maximum absolute atomic E-state index is 10.2. The number of allylic oxidation sites excluding steroid dienone is 2. The largest absolute Gasteiger partial charge is 0.298 e. The average Bonchev–Trinajstić information content (AvgIpc) is 2.03. The fourth-order valence-electron chi connectivity index (χ4n) is 1.07. The number of carbonyl (C=O) groups is 1. The molecule has 70 valence electrons. The van der Waals surface area contributed by atoms with Gasteiger partial charge < -0.3 is 0 Å². The second-order valence-corrected chi connectivity index (χ2v) is 3.74. The van der Waals surface area contributed by atoms with Crippen molar-refractivity contribution in [3.8, 4) is 0 Å². The number of unbranched alkanes of at least 4 members (excludes halogenated alkanes) is 2. The summed E-state index contributed by atoms with van der Waals surface area (Å²) < 4.78 is 0. The van der Waals surface area contributed by atoms with Gasteiger partial charge in [-0.3, -0.25) is 4.79 Å². The summed E-state index contributed by atoms with van der Waals surface area (Å²) in [5.41, 5.74) is 0.861. The highest BCUT2D eigenvalue weighted by molar-refractivity contribution is 5.71. The Hall–Kier alpha value is -0.590. The fraction of sp³-hybridized carbons (Fsp3) is 0.727. The normalized spacial score (nSPS) is 12.2. The summed E-state index contributed by atoms with van der Waals surface area (Å²) in [7, 11) is 0. The summed E-state index contributed by atoms with van der Waals surface area (Å²) >= 11 is 0. The Morgan fingerprint density at radius 2 is 2.00 bits per heavy atom. The fourth-order valence-corrected chi connectivity index (χ4v) is 1.07. The summed E-state index contributed by atoms with van der Waals surface area (Å²) in [4.78, 5) is 10.2. The zero-order chi connectivity index (χ0) is 9.40. The van der Waals surface area contributed by atoms with Crippen molar-refractivity contribution in [1.29, 1.82) is 0 Å². The maximum atomic E-state index is 10.2. The molecule has 0 spiro atoms. The molecule has 0 aliphatic rings. The first kappa shape index (κ1) is 11.4. The Kier molecular flexibility index (Phi) is 6.73. The van der Waals surface area contributed by atoms with E-state index in [1.165, 1.54) is 19.3 Å². The van der Waals surface area contributed by atoms with Crippen LogP contribution in [0.4, 0.5) is 0 Å². The van der Waals surface area contributed by atoms with Crippen molar-refractivity contribution in [1.82, 2.24) is 0 Å². The highest BCUT2D eigenvalue weighted by atomic mass is 16.1. The molecule has 0 rings (SSSR count). The molecular formula is C11H20O. The van der Waals surface area contributed by atoms with Gasteiger partial charge in [0.25, 0.3) is 0 Å². The molecule has 0 aromatic carbocycles. The van der Waals surface area contributed by atoms with Gasteiger partial charge in [0.2, 0.25) is 0 Å². The van der Waals surface area contributed by atoms with Crippen molar-refractivity contribution in [2.75, 3.05) is 0 Å². The summed E-state index contributed by atoms with van der Waals surface area (Å²) in [5, 5.41) is 0. The number of rotatable bonds is 6. The van der Waals surface area contributed by atoms with Gasteiger partial charge >= 0.3 is 0 Å². The van der Waals surface area contributed by atoms with Gasteiger partial charge in [0.05, 0.1) is 0 Å². The van der Waals surface area contributed by atoms with Crippen LogP contribution in [0, 0.1) is 5.92 Å². The molecule has 0 aromatic rings. The first-order chi connectivity index (χ1) is 5.66. The van der Waals surface area contributed by atoms with Gasteiger partial charge in [-0.25, -0.2) is 0 Å². The smallest absolute Gasteiger partial charge is 0.145 e. The van der Waals surface area contributed by atoms with Gasteiger partial charge in [-0.1, -0.05) is 32.8 Å². The number of carbonyl (C=O) groups excluding carboxylic acids is 1. The zero-order valence-corrected chi connectivity index (χ0v) is 8.47. The topological polar surface area (TPSA) is 17.1 Å². The van der Waals surface area contributed by atoms with Crippen LogP contribution in [0.15, 0.2) is 11.6 Å². The number of aldehydes is 1. The molecular weight excluding hydrogens is 148 g/mol. The molecule has 0 N–H and O–H groups in total. The third-order valence-electron chi connectivity index (χ3n) is 1.89. The Bertz CT molecular complexity index is 145. The minimum absolute atomic E-state index is 0.807. The summed E-state index contributed by atoms with van der Waals surface area (Å²) in [6.07, 6.45) is 7.78. The third kappa shape index (κ3) is 7.52. The second-order valence-electron chi connectivity index (χ2n) is 3.74. The van der Waals surface area contributed by atoms with E-state index in [9.17, 15) is 4.79 Å². The first-order valence-electron chi connectivity index (χ1n) is 4.78. The standard InChI is InChI=1S/C11H20O/c1-10(2)7-5-4-6-8-11(3)9-12/h8-10H,4-7H2,1-3H3/b11-8+. The monoisotopic (exact) mass is 168 g/mol. The van der Waals surface area contributed by atoms with E-state index in [2.05, 4.69) is 13.8 Å². The lowest BCUT2D eigenvalue weighted by Gasteiger charge is -2.01. The van der Waals surface area contributed by atoms with Crippen LogP contribution >= 0.6 is 0 Å². The highest BCUT2D eigenvalue weighted by Crippen LogP contribution is 2.08. The van der Waals surface area contributed by atoms with Crippen molar-refractivity contribution < 1.29 is 4.79 Å². The minimum atomic E-state index is 0.807. The van der Waals surface area contributed by atoms with Gasteiger partial charge in [-0.05, 0) is 31.3 Å². The molecule has 0 aromatic heterocycles. The Morgan fingerprint density at radius 3 is 2.50 bits per heavy atom. The highest BCUT2D eigenvalue weighted by Gasteiger charge is 1.92. The van der Waals surface area contributed by atoms with Gasteiger partial charge in [0, 0.05) is 0 Å². The molecule has 1 nitrogen and oxygen atoms in total. The van der Waals surface area contributed by atoms with Gasteiger partial charge in [0.1, 0.15) is 6.29 Å². The lowest BCUT2D eigenvalue weighted by atomic mass is 10.0. The third-order valence-corrected chi connectivity index (χ3v) is 1.89. The molecule has 0 aliphatic carbocycles. The van der Waals surface area contributed by atoms with E-state index in [1.807, 2.05) is 13.0 Å². The van der Waals surface area contributed by atoms with Crippen LogP contribution in [0.25, 0.3) is 0 Å². The lowest BCUT2D eigenvalue weighted by Crippen LogP contribution is -1.86. The van der Waals surface area contributed by atoms with Crippen LogP contribution in [0.3, 0.4) is 0 Å². The zero-order valence-electron chi connectivity index (χ0n) is 8.47. The molecule has 0 unspecified atom stereocenters. The van der Waals surface area contributed by atoms with Gasteiger partial charge in [-0.2, -0.15) is 0 Å². The van der Waals surface area contributed by atoms with Crippen molar-refractivity contribution in [3.05, 3.63) is 11.6 Å². The van der Waals surface area contributed by atoms with E-state index in [-0.39, 0.29) is 0 Å². The Morgan fingerprint density at radius 1 is 1.33 bits per heavy atom. The predicted octanol–water partition coefficient (Wildman–Crippen LogP) is 3.35. The average molecular weight is 168 g/mol. The molecule has 0 aliphatic heterocycles. The van der Waals surface area contributed by atoms with Crippen LogP contribution in [0.2, 0.25) is 0 Å². The predicted molar refractivity (Wildman–Crippen MR) is 53.1 cm³/mol. The summed E-state index contributed by atoms with van der Waals surface area (Å²) in [6.45, 7) is 6.34. The van der Waals surface area contributed by atoms with E-state index in [0.717, 1.165) is 24.2 Å². The van der Waals surface area contributed by atoms with E-state index in [4.69, 9.17) is 0 Å². The second kappa shape index (κ2) is 7.08. The molecule has 0 atom stereocenters. The minimum Gasteiger partial charge on any atom is -0.298 e. The number of hydrogen-bond donors (Lipinski definition) is 0. The Labute approximate surface area is 75.9 Å². The van der Waals surface area contributed by atoms with Gasteiger partial charge in [-0.15, -0.1) is 0 Å². The lowest BCUT2D eigenvalue weighted by molar-refractivity contribution is -0.104. The SMILES string of the molecule is C/C(C=O)=C\CCCCC(C)C. The molecule has 0 heterocycles. The van der Waals surface area contributed by atoms with Crippen molar-refractivity contribution in [3.63, 3.8) is 0 Å². The van der Waals surface area contributed by atoms with E-state index in [0.29, 0.717) is 0 Å². The molecule has 0 amide bonds. The van der Waals surface area contributed by atoms with E-state index < -0.39 is 0 Å². The quantitative estimate of drug-likeness (QED) is 0.338. The van der Waals surface area contributed by atoms with Crippen LogP contribution in [0.5, 0.6) is 0 Å². The molecule has 0 fully saturated rings. The molecule has 0 saturated heterocycles. The molecule has 12 heavy (non-hydrogen) atoms. The molecule has 1 heteroatoms. The van der Waals surface area contributed by atoms with E-state index in [1.54, 1.807) is 0 Å². The van der Waals surface area contributed by atoms with Crippen LogP contribution in [-0.2, 0) is 4.79 Å². The number of hydrogen-bond acceptors (Lipinski definition) is 1. The molecule has 0 saturated carbocycles. The van der Waals surface area contributed by atoms with Crippen molar-refractivity contribution in [2.45, 2.75) is 46.5 Å². The van der Waals surface area contributed by atoms with Crippen LogP contribution in [0.1, 0.15) is 46.5 Å². The van der Waals surface area contributed by atoms with Crippen molar-refractivity contribution >= 4 is 6.29 Å². The summed E-state index contributed by atoms with van der Waals surface area (Å²) in [5.74, 6) is 0.807. The van der Waals surface area contributed by atoms with Crippen LogP contribution in [-0.4, -0.2) is 6.29 Å². The van der Waals surface area contributed by atoms with Crippen molar-refractivity contribution in [2.24, 2.45) is 5.92 Å². The summed E-state index contributed by atoms with van der Waals surface area (Å²) in [6, 6.07) is 0. The maximum Gasteiger partial charge on any atom is 0.145 e. The molecule has 0 bridgehead atoms. The van der Waals surface area contributed by atoms with Gasteiger partial charge in [0.15, 0.2) is 0 Å². The first-order valence-corrected chi connectivity index (χ1v) is 4.78. The molecule has 0 radical (unpaired) electrons. The van der Waals surface area contributed by atoms with Crippen LogP contribution < -0.4 is 0 Å². The Balaban J connectivity index is 3.27.